The van der Waals surface area contributed by atoms with Gasteiger partial charge in [0.05, 0.1) is 0 Å². The van der Waals surface area contributed by atoms with Crippen LogP contribution in [0.4, 0.5) is 0 Å². The topological polar surface area (TPSA) is 43.8 Å². The monoisotopic (exact) mass is 312 g/mol. The Kier molecular flexibility index (Phi) is 4.74. The van der Waals surface area contributed by atoms with E-state index in [-0.39, 0.29) is 12.5 Å². The van der Waals surface area contributed by atoms with E-state index in [0.29, 0.717) is 13.1 Å². The number of aliphatic hydroxyl groups excluding tert-OH is 1. The van der Waals surface area contributed by atoms with E-state index in [2.05, 4.69) is 26.9 Å². The second-order valence-corrected chi connectivity index (χ2v) is 5.26. The van der Waals surface area contributed by atoms with Crippen molar-refractivity contribution in [2.75, 3.05) is 32.8 Å². The summed E-state index contributed by atoms with van der Waals surface area (Å²) in [5.41, 5.74) is 1.26. The van der Waals surface area contributed by atoms with Crippen LogP contribution >= 0.6 is 15.9 Å². The normalized spacial score (nSPS) is 16.9. The van der Waals surface area contributed by atoms with Gasteiger partial charge >= 0.3 is 0 Å². The summed E-state index contributed by atoms with van der Waals surface area (Å²) in [5, 5.41) is 8.81. The second-order valence-electron chi connectivity index (χ2n) is 4.41. The smallest absolute Gasteiger partial charge is 0.248 e. The number of aliphatic hydroxyl groups is 1. The van der Waals surface area contributed by atoms with E-state index >= 15 is 0 Å². The molecule has 1 aliphatic heterocycles. The van der Waals surface area contributed by atoms with Gasteiger partial charge in [0.25, 0.3) is 0 Å². The summed E-state index contributed by atoms with van der Waals surface area (Å²) in [7, 11) is 0. The molecule has 0 saturated carbocycles. The van der Waals surface area contributed by atoms with Crippen LogP contribution in [0.3, 0.4) is 0 Å². The predicted molar refractivity (Wildman–Crippen MR) is 73.1 cm³/mol. The Morgan fingerprint density at radius 1 is 1.22 bits per heavy atom. The lowest BCUT2D eigenvalue weighted by molar-refractivity contribution is -0.135. The van der Waals surface area contributed by atoms with Crippen molar-refractivity contribution in [1.82, 2.24) is 9.80 Å². The highest BCUT2D eigenvalue weighted by Gasteiger charge is 2.20. The lowest BCUT2D eigenvalue weighted by Crippen LogP contribution is -2.49. The maximum Gasteiger partial charge on any atom is 0.248 e. The van der Waals surface area contributed by atoms with Crippen molar-refractivity contribution in [2.24, 2.45) is 0 Å². The number of halogens is 1. The zero-order chi connectivity index (χ0) is 13.0. The Balaban J connectivity index is 1.87. The van der Waals surface area contributed by atoms with Gasteiger partial charge in [0.15, 0.2) is 0 Å². The molecule has 1 aliphatic rings. The molecule has 4 nitrogen and oxygen atoms in total. The number of rotatable bonds is 3. The third-order valence-corrected chi connectivity index (χ3v) is 3.99. The fourth-order valence-electron chi connectivity index (χ4n) is 2.12. The summed E-state index contributed by atoms with van der Waals surface area (Å²) in [5.74, 6) is -0.171. The molecule has 0 bridgehead atoms. The molecule has 98 valence electrons. The van der Waals surface area contributed by atoms with E-state index < -0.39 is 0 Å². The fourth-order valence-corrected chi connectivity index (χ4v) is 2.53. The van der Waals surface area contributed by atoms with Gasteiger partial charge in [-0.3, -0.25) is 9.69 Å². The minimum absolute atomic E-state index is 0.171. The van der Waals surface area contributed by atoms with Crippen molar-refractivity contribution in [1.29, 1.82) is 0 Å². The number of hydrogen-bond donors (Lipinski definition) is 1. The van der Waals surface area contributed by atoms with E-state index in [1.165, 1.54) is 5.56 Å². The van der Waals surface area contributed by atoms with Crippen molar-refractivity contribution in [3.8, 4) is 0 Å². The molecule has 1 aromatic rings. The molecule has 2 rings (SSSR count). The Morgan fingerprint density at radius 3 is 2.50 bits per heavy atom. The third-order valence-electron chi connectivity index (χ3n) is 3.21. The van der Waals surface area contributed by atoms with Crippen LogP contribution < -0.4 is 0 Å². The van der Waals surface area contributed by atoms with Crippen LogP contribution in [-0.4, -0.2) is 53.6 Å². The first kappa shape index (κ1) is 13.5. The van der Waals surface area contributed by atoms with E-state index in [1.54, 1.807) is 4.90 Å². The highest BCUT2D eigenvalue weighted by molar-refractivity contribution is 9.10. The number of hydrogen-bond acceptors (Lipinski definition) is 3. The number of benzene rings is 1. The summed E-state index contributed by atoms with van der Waals surface area (Å²) in [6.07, 6.45) is 0. The van der Waals surface area contributed by atoms with Gasteiger partial charge in [0.2, 0.25) is 5.91 Å². The van der Waals surface area contributed by atoms with Crippen molar-refractivity contribution in [3.63, 3.8) is 0 Å². The maximum atomic E-state index is 11.3. The molecule has 1 amide bonds. The first-order valence-corrected chi connectivity index (χ1v) is 6.84. The number of amides is 1. The number of piperazine rings is 1. The largest absolute Gasteiger partial charge is 0.387 e. The lowest BCUT2D eigenvalue weighted by atomic mass is 10.2. The quantitative estimate of drug-likeness (QED) is 0.908. The highest BCUT2D eigenvalue weighted by Crippen LogP contribution is 2.18. The minimum atomic E-state index is -0.385. The van der Waals surface area contributed by atoms with Gasteiger partial charge in [-0.15, -0.1) is 0 Å². The summed E-state index contributed by atoms with van der Waals surface area (Å²) in [6, 6.07) is 8.19. The average Bonchev–Trinajstić information content (AvgIpc) is 2.41. The summed E-state index contributed by atoms with van der Waals surface area (Å²) in [6.45, 7) is 3.61. The van der Waals surface area contributed by atoms with Crippen molar-refractivity contribution >= 4 is 21.8 Å². The number of nitrogens with zero attached hydrogens (tertiary/aromatic N) is 2. The first-order chi connectivity index (χ1) is 8.70. The fraction of sp³-hybridized carbons (Fsp3) is 0.462. The van der Waals surface area contributed by atoms with Crippen molar-refractivity contribution < 1.29 is 9.90 Å². The molecule has 1 heterocycles. The van der Waals surface area contributed by atoms with Gasteiger partial charge in [-0.2, -0.15) is 0 Å². The Morgan fingerprint density at radius 2 is 1.89 bits per heavy atom. The summed E-state index contributed by atoms with van der Waals surface area (Å²) < 4.78 is 1.12. The molecule has 5 heteroatoms. The van der Waals surface area contributed by atoms with Crippen LogP contribution in [0.25, 0.3) is 0 Å². The summed E-state index contributed by atoms with van der Waals surface area (Å²) in [4.78, 5) is 15.4. The van der Waals surface area contributed by atoms with Gasteiger partial charge in [0.1, 0.15) is 6.61 Å². The Bertz CT molecular complexity index is 417. The predicted octanol–water partition coefficient (Wildman–Crippen LogP) is 1.09. The van der Waals surface area contributed by atoms with Crippen LogP contribution in [0.15, 0.2) is 28.7 Å². The minimum Gasteiger partial charge on any atom is -0.387 e. The van der Waals surface area contributed by atoms with Crippen molar-refractivity contribution in [2.45, 2.75) is 6.54 Å². The van der Waals surface area contributed by atoms with Gasteiger partial charge < -0.3 is 10.0 Å². The average molecular weight is 313 g/mol. The third kappa shape index (κ3) is 3.31. The molecule has 0 aliphatic carbocycles. The van der Waals surface area contributed by atoms with E-state index in [1.807, 2.05) is 18.2 Å². The van der Waals surface area contributed by atoms with Gasteiger partial charge in [-0.25, -0.2) is 0 Å². The molecule has 1 aromatic carbocycles. The molecule has 0 radical (unpaired) electrons. The molecular formula is C13H17BrN2O2. The molecule has 0 atom stereocenters. The standard InChI is InChI=1S/C13H17BrN2O2/c14-12-4-2-1-3-11(12)9-15-5-7-16(8-6-15)13(18)10-17/h1-4,17H,5-10H2. The Labute approximate surface area is 115 Å². The number of carbonyl (C=O) groups excluding carboxylic acids is 1. The lowest BCUT2D eigenvalue weighted by Gasteiger charge is -2.34. The molecule has 18 heavy (non-hydrogen) atoms. The molecule has 1 saturated heterocycles. The van der Waals surface area contributed by atoms with Gasteiger partial charge in [-0.05, 0) is 11.6 Å². The second kappa shape index (κ2) is 6.31. The van der Waals surface area contributed by atoms with Crippen LogP contribution in [-0.2, 0) is 11.3 Å². The van der Waals surface area contributed by atoms with Crippen molar-refractivity contribution in [3.05, 3.63) is 34.3 Å². The number of carbonyl (C=O) groups is 1. The van der Waals surface area contributed by atoms with Crippen LogP contribution in [0.2, 0.25) is 0 Å². The highest BCUT2D eigenvalue weighted by atomic mass is 79.9. The first-order valence-electron chi connectivity index (χ1n) is 6.05. The van der Waals surface area contributed by atoms with Gasteiger partial charge in [-0.1, -0.05) is 34.1 Å². The van der Waals surface area contributed by atoms with E-state index in [4.69, 9.17) is 5.11 Å². The van der Waals surface area contributed by atoms with Crippen LogP contribution in [0.1, 0.15) is 5.56 Å². The zero-order valence-corrected chi connectivity index (χ0v) is 11.8. The summed E-state index contributed by atoms with van der Waals surface area (Å²) >= 11 is 3.55. The zero-order valence-electron chi connectivity index (χ0n) is 10.2. The molecule has 0 unspecified atom stereocenters. The van der Waals surface area contributed by atoms with E-state index in [0.717, 1.165) is 24.1 Å². The molecule has 0 aromatic heterocycles. The van der Waals surface area contributed by atoms with Gasteiger partial charge in [0, 0.05) is 37.2 Å². The molecule has 1 fully saturated rings. The molecule has 0 spiro atoms. The van der Waals surface area contributed by atoms with Crippen LogP contribution in [0, 0.1) is 0 Å². The van der Waals surface area contributed by atoms with E-state index in [9.17, 15) is 4.79 Å². The SMILES string of the molecule is O=C(CO)N1CCN(Cc2ccccc2Br)CC1. The molecular weight excluding hydrogens is 296 g/mol. The maximum absolute atomic E-state index is 11.3. The van der Waals surface area contributed by atoms with Crippen LogP contribution in [0.5, 0.6) is 0 Å². The Hall–Kier alpha value is -0.910. The molecule has 1 N–H and O–H groups in total.